The van der Waals surface area contributed by atoms with Gasteiger partial charge in [-0.3, -0.25) is 9.69 Å². The molecule has 1 N–H and O–H groups in total. The van der Waals surface area contributed by atoms with E-state index in [0.29, 0.717) is 25.1 Å². The summed E-state index contributed by atoms with van der Waals surface area (Å²) in [5.74, 6) is 0.0395. The van der Waals surface area contributed by atoms with E-state index in [0.717, 1.165) is 25.2 Å². The van der Waals surface area contributed by atoms with Crippen LogP contribution in [0.4, 0.5) is 4.39 Å². The van der Waals surface area contributed by atoms with Crippen LogP contribution in [0.25, 0.3) is 0 Å². The van der Waals surface area contributed by atoms with E-state index in [-0.39, 0.29) is 22.9 Å². The number of halogens is 1. The van der Waals surface area contributed by atoms with Crippen molar-refractivity contribution in [2.75, 3.05) is 26.2 Å². The fraction of sp³-hybridized carbons (Fsp3) is 0.435. The van der Waals surface area contributed by atoms with Gasteiger partial charge in [-0.05, 0) is 35.6 Å². The van der Waals surface area contributed by atoms with Gasteiger partial charge in [0, 0.05) is 38.3 Å². The van der Waals surface area contributed by atoms with Crippen LogP contribution in [0.2, 0.25) is 0 Å². The molecule has 1 unspecified atom stereocenters. The molecular weight excluding hydrogens is 355 g/mol. The van der Waals surface area contributed by atoms with E-state index in [4.69, 9.17) is 0 Å². The lowest BCUT2D eigenvalue weighted by molar-refractivity contribution is -0.136. The van der Waals surface area contributed by atoms with Crippen LogP contribution < -0.4 is 0 Å². The molecule has 28 heavy (non-hydrogen) atoms. The number of benzene rings is 2. The maximum absolute atomic E-state index is 14.5. The summed E-state index contributed by atoms with van der Waals surface area (Å²) in [7, 11) is 0. The van der Waals surface area contributed by atoms with Crippen LogP contribution in [0.3, 0.4) is 0 Å². The molecule has 148 valence electrons. The number of nitrogens with zero attached hydrogens (tertiary/aromatic N) is 2. The molecular formula is C23H27FN2O2. The lowest BCUT2D eigenvalue weighted by Gasteiger charge is -2.37. The number of rotatable bonds is 4. The van der Waals surface area contributed by atoms with Crippen molar-refractivity contribution in [2.45, 2.75) is 32.2 Å². The minimum atomic E-state index is -0.744. The minimum Gasteiger partial charge on any atom is -0.508 e. The van der Waals surface area contributed by atoms with E-state index in [1.54, 1.807) is 24.3 Å². The molecule has 0 aromatic heterocycles. The second kappa shape index (κ2) is 6.89. The van der Waals surface area contributed by atoms with Gasteiger partial charge in [-0.1, -0.05) is 44.2 Å². The lowest BCUT2D eigenvalue weighted by atomic mass is 9.86. The van der Waals surface area contributed by atoms with Crippen LogP contribution in [-0.2, 0) is 16.8 Å². The van der Waals surface area contributed by atoms with Crippen molar-refractivity contribution < 1.29 is 14.3 Å². The van der Waals surface area contributed by atoms with E-state index in [1.807, 2.05) is 23.1 Å². The molecule has 0 radical (unpaired) electrons. The molecule has 4 rings (SSSR count). The Morgan fingerprint density at radius 3 is 2.36 bits per heavy atom. The van der Waals surface area contributed by atoms with Crippen molar-refractivity contribution in [2.24, 2.45) is 5.41 Å². The van der Waals surface area contributed by atoms with Gasteiger partial charge in [-0.25, -0.2) is 4.39 Å². The monoisotopic (exact) mass is 382 g/mol. The first-order chi connectivity index (χ1) is 13.3. The van der Waals surface area contributed by atoms with Crippen molar-refractivity contribution in [1.29, 1.82) is 0 Å². The molecule has 1 atom stereocenters. The van der Waals surface area contributed by atoms with Gasteiger partial charge < -0.3 is 10.0 Å². The number of phenolic OH excluding ortho intramolecular Hbond substituents is 1. The fourth-order valence-electron chi connectivity index (χ4n) is 4.66. The highest BCUT2D eigenvalue weighted by Gasteiger charge is 2.68. The normalized spacial score (nSPS) is 24.2. The molecule has 0 bridgehead atoms. The summed E-state index contributed by atoms with van der Waals surface area (Å²) in [5, 5.41) is 9.63. The van der Waals surface area contributed by atoms with Gasteiger partial charge in [0.2, 0.25) is 5.91 Å². The summed E-state index contributed by atoms with van der Waals surface area (Å²) in [6.07, 6.45) is 0.684. The summed E-state index contributed by atoms with van der Waals surface area (Å²) in [6.45, 7) is 7.68. The fourth-order valence-corrected chi connectivity index (χ4v) is 4.66. The molecule has 2 aromatic rings. The van der Waals surface area contributed by atoms with E-state index in [1.165, 1.54) is 6.07 Å². The van der Waals surface area contributed by atoms with Crippen molar-refractivity contribution in [1.82, 2.24) is 9.80 Å². The van der Waals surface area contributed by atoms with Crippen molar-refractivity contribution in [3.63, 3.8) is 0 Å². The zero-order valence-corrected chi connectivity index (χ0v) is 16.5. The zero-order valence-electron chi connectivity index (χ0n) is 16.5. The highest BCUT2D eigenvalue weighted by Crippen LogP contribution is 2.65. The van der Waals surface area contributed by atoms with Gasteiger partial charge in [0.25, 0.3) is 0 Å². The van der Waals surface area contributed by atoms with Crippen molar-refractivity contribution >= 4 is 5.91 Å². The molecule has 1 aliphatic heterocycles. The molecule has 2 aromatic carbocycles. The maximum atomic E-state index is 14.5. The second-order valence-electron chi connectivity index (χ2n) is 8.68. The van der Waals surface area contributed by atoms with E-state index in [9.17, 15) is 14.3 Å². The lowest BCUT2D eigenvalue weighted by Crippen LogP contribution is -2.52. The molecule has 1 saturated heterocycles. The first kappa shape index (κ1) is 18.9. The number of hydrogen-bond acceptors (Lipinski definition) is 3. The van der Waals surface area contributed by atoms with E-state index < -0.39 is 5.41 Å². The van der Waals surface area contributed by atoms with Gasteiger partial charge in [0.15, 0.2) is 0 Å². The third kappa shape index (κ3) is 3.18. The van der Waals surface area contributed by atoms with Crippen molar-refractivity contribution in [3.05, 3.63) is 65.5 Å². The van der Waals surface area contributed by atoms with Crippen LogP contribution in [0.1, 0.15) is 31.4 Å². The standard InChI is InChI=1S/C23H27FN2O2/c1-22(2)16-23(22,19-8-3-4-9-20(19)24)21(28)26-12-10-25(11-13-26)15-17-6-5-7-18(27)14-17/h3-9,14,27H,10-13,15-16H2,1-2H3. The maximum Gasteiger partial charge on any atom is 0.233 e. The van der Waals surface area contributed by atoms with Gasteiger partial charge in [-0.2, -0.15) is 0 Å². The average molecular weight is 382 g/mol. The average Bonchev–Trinajstić information content (AvgIpc) is 3.25. The molecule has 0 spiro atoms. The third-order valence-corrected chi connectivity index (χ3v) is 6.41. The quantitative estimate of drug-likeness (QED) is 0.880. The zero-order chi connectivity index (χ0) is 19.9. The predicted octanol–water partition coefficient (Wildman–Crippen LogP) is 3.54. The Hall–Kier alpha value is -2.40. The Balaban J connectivity index is 1.45. The third-order valence-electron chi connectivity index (χ3n) is 6.41. The highest BCUT2D eigenvalue weighted by atomic mass is 19.1. The van der Waals surface area contributed by atoms with E-state index in [2.05, 4.69) is 18.7 Å². The molecule has 2 fully saturated rings. The Bertz CT molecular complexity index is 890. The van der Waals surface area contributed by atoms with Gasteiger partial charge in [0.05, 0.1) is 5.41 Å². The molecule has 1 heterocycles. The summed E-state index contributed by atoms with van der Waals surface area (Å²) < 4.78 is 14.5. The van der Waals surface area contributed by atoms with Crippen LogP contribution in [0, 0.1) is 11.2 Å². The van der Waals surface area contributed by atoms with Crippen molar-refractivity contribution in [3.8, 4) is 5.75 Å². The smallest absolute Gasteiger partial charge is 0.233 e. The molecule has 1 aliphatic carbocycles. The summed E-state index contributed by atoms with van der Waals surface area (Å²) in [4.78, 5) is 17.7. The Kier molecular flexibility index (Phi) is 4.66. The number of piperazine rings is 1. The van der Waals surface area contributed by atoms with Gasteiger partial charge in [-0.15, -0.1) is 0 Å². The van der Waals surface area contributed by atoms with Gasteiger partial charge in [0.1, 0.15) is 11.6 Å². The van der Waals surface area contributed by atoms with E-state index >= 15 is 0 Å². The first-order valence-electron chi connectivity index (χ1n) is 9.88. The first-order valence-corrected chi connectivity index (χ1v) is 9.88. The minimum absolute atomic E-state index is 0.0552. The van der Waals surface area contributed by atoms with Crippen LogP contribution >= 0.6 is 0 Å². The summed E-state index contributed by atoms with van der Waals surface area (Å²) >= 11 is 0. The van der Waals surface area contributed by atoms with Crippen LogP contribution in [-0.4, -0.2) is 47.0 Å². The molecule has 2 aliphatic rings. The molecule has 1 saturated carbocycles. The number of hydrogen-bond donors (Lipinski definition) is 1. The summed E-state index contributed by atoms with van der Waals surface area (Å²) in [6, 6.07) is 14.0. The number of aromatic hydroxyl groups is 1. The Morgan fingerprint density at radius 2 is 1.75 bits per heavy atom. The summed E-state index contributed by atoms with van der Waals surface area (Å²) in [5.41, 5.74) is 0.620. The SMILES string of the molecule is CC1(C)CC1(C(=O)N1CCN(Cc2cccc(O)c2)CC1)c1ccccc1F. The number of amides is 1. The number of carbonyl (C=O) groups excluding carboxylic acids is 1. The predicted molar refractivity (Wildman–Crippen MR) is 106 cm³/mol. The number of carbonyl (C=O) groups is 1. The van der Waals surface area contributed by atoms with Crippen LogP contribution in [0.15, 0.2) is 48.5 Å². The largest absolute Gasteiger partial charge is 0.508 e. The van der Waals surface area contributed by atoms with Gasteiger partial charge >= 0.3 is 0 Å². The molecule has 5 heteroatoms. The number of phenols is 1. The highest BCUT2D eigenvalue weighted by molar-refractivity contribution is 5.93. The topological polar surface area (TPSA) is 43.8 Å². The second-order valence-corrected chi connectivity index (χ2v) is 8.68. The molecule has 1 amide bonds. The van der Waals surface area contributed by atoms with Crippen LogP contribution in [0.5, 0.6) is 5.75 Å². The Labute approximate surface area is 165 Å². The molecule has 4 nitrogen and oxygen atoms in total. The Morgan fingerprint density at radius 1 is 1.07 bits per heavy atom.